The van der Waals surface area contributed by atoms with E-state index in [9.17, 15) is 14.0 Å². The molecule has 134 valence electrons. The van der Waals surface area contributed by atoms with E-state index in [1.165, 1.54) is 0 Å². The third-order valence-corrected chi connectivity index (χ3v) is 4.80. The van der Waals surface area contributed by atoms with Crippen LogP contribution in [0.3, 0.4) is 0 Å². The first-order valence-corrected chi connectivity index (χ1v) is 9.33. The summed E-state index contributed by atoms with van der Waals surface area (Å²) in [6.07, 6.45) is 0. The normalized spacial score (nSPS) is 16.4. The second kappa shape index (κ2) is 7.22. The van der Waals surface area contributed by atoms with Gasteiger partial charge in [-0.25, -0.2) is 4.72 Å². The van der Waals surface area contributed by atoms with Crippen molar-refractivity contribution in [3.05, 3.63) is 69.8 Å². The molecule has 0 fully saturated rings. The van der Waals surface area contributed by atoms with Crippen molar-refractivity contribution in [1.82, 2.24) is 4.72 Å². The van der Waals surface area contributed by atoms with E-state index >= 15 is 0 Å². The van der Waals surface area contributed by atoms with Gasteiger partial charge < -0.3 is 9.29 Å². The number of fused-ring (bicyclic) bond motifs is 1. The maximum absolute atomic E-state index is 10.7. The predicted octanol–water partition coefficient (Wildman–Crippen LogP) is 3.72. The van der Waals surface area contributed by atoms with Gasteiger partial charge in [0.15, 0.2) is 0 Å². The first-order chi connectivity index (χ1) is 12.3. The number of halogens is 1. The van der Waals surface area contributed by atoms with Gasteiger partial charge in [-0.15, -0.1) is 0 Å². The molecule has 2 aromatic rings. The zero-order valence-electron chi connectivity index (χ0n) is 14.2. The fourth-order valence-corrected chi connectivity index (χ4v) is 3.39. The third kappa shape index (κ3) is 3.67. The third-order valence-electron chi connectivity index (χ3n) is 4.17. The molecule has 0 aromatic heterocycles. The summed E-state index contributed by atoms with van der Waals surface area (Å²) in [5, 5.41) is 10.4. The molecule has 1 heterocycles. The molecule has 0 amide bonds. The minimum atomic E-state index is -2.33. The molecular formula is C19H16ClN2O3S-. The summed E-state index contributed by atoms with van der Waals surface area (Å²) >= 11 is 3.66. The lowest BCUT2D eigenvalue weighted by Gasteiger charge is -2.34. The first-order valence-electron chi connectivity index (χ1n) is 7.87. The number of nitrogens with zero attached hydrogens (tertiary/aromatic N) is 1. The minimum absolute atomic E-state index is 0.165. The number of benzene rings is 2. The van der Waals surface area contributed by atoms with Crippen molar-refractivity contribution in [3.8, 4) is 11.8 Å². The largest absolute Gasteiger partial charge is 0.760 e. The van der Waals surface area contributed by atoms with Crippen molar-refractivity contribution in [2.45, 2.75) is 26.0 Å². The molecule has 5 nitrogen and oxygen atoms in total. The molecule has 0 aliphatic carbocycles. The van der Waals surface area contributed by atoms with E-state index in [1.807, 2.05) is 38.1 Å². The monoisotopic (exact) mass is 387 g/mol. The van der Waals surface area contributed by atoms with Crippen LogP contribution in [0, 0.1) is 11.3 Å². The number of nitrogens with one attached hydrogen (secondary N) is 1. The minimum Gasteiger partial charge on any atom is -0.760 e. The summed E-state index contributed by atoms with van der Waals surface area (Å²) in [5.74, 6) is 0.606. The van der Waals surface area contributed by atoms with Gasteiger partial charge in [0.25, 0.3) is 0 Å². The van der Waals surface area contributed by atoms with Crippen molar-refractivity contribution in [2.75, 3.05) is 0 Å². The Labute approximate surface area is 159 Å². The number of hydrogen-bond donors (Lipinski definition) is 1. The van der Waals surface area contributed by atoms with E-state index in [1.54, 1.807) is 18.2 Å². The highest BCUT2D eigenvalue weighted by Gasteiger charge is 2.35. The van der Waals surface area contributed by atoms with E-state index in [2.05, 4.69) is 10.8 Å². The molecule has 1 aliphatic rings. The van der Waals surface area contributed by atoms with Crippen LogP contribution < -0.4 is 9.46 Å². The van der Waals surface area contributed by atoms with Crippen molar-refractivity contribution >= 4 is 28.4 Å². The Kier molecular flexibility index (Phi) is 5.17. The lowest BCUT2D eigenvalue weighted by molar-refractivity contribution is 0.149. The Balaban J connectivity index is 2.15. The number of ether oxygens (including phenoxy) is 1. The molecule has 1 aliphatic heterocycles. The van der Waals surface area contributed by atoms with E-state index < -0.39 is 16.9 Å². The van der Waals surface area contributed by atoms with Gasteiger partial charge in [-0.2, -0.15) is 5.26 Å². The Morgan fingerprint density at radius 3 is 2.58 bits per heavy atom. The Morgan fingerprint density at radius 1 is 1.27 bits per heavy atom. The molecule has 1 N–H and O–H groups in total. The quantitative estimate of drug-likeness (QED) is 0.810. The summed E-state index contributed by atoms with van der Waals surface area (Å²) in [7, 11) is 0. The van der Waals surface area contributed by atoms with Crippen molar-refractivity contribution < 1.29 is 13.5 Å². The molecule has 0 saturated heterocycles. The molecular weight excluding hydrogens is 372 g/mol. The van der Waals surface area contributed by atoms with Crippen LogP contribution in [-0.4, -0.2) is 14.4 Å². The van der Waals surface area contributed by atoms with Crippen LogP contribution in [0.4, 0.5) is 0 Å². The van der Waals surface area contributed by atoms with Gasteiger partial charge in [0.05, 0.1) is 11.6 Å². The summed E-state index contributed by atoms with van der Waals surface area (Å²) < 4.78 is 29.8. The highest BCUT2D eigenvalue weighted by Crippen LogP contribution is 2.44. The molecule has 3 rings (SSSR count). The van der Waals surface area contributed by atoms with Gasteiger partial charge in [-0.05, 0) is 43.2 Å². The van der Waals surface area contributed by atoms with Crippen molar-refractivity contribution in [1.29, 1.82) is 5.26 Å². The van der Waals surface area contributed by atoms with Crippen LogP contribution in [0.5, 0.6) is 5.75 Å². The second-order valence-electron chi connectivity index (χ2n) is 6.37. The maximum atomic E-state index is 10.7. The lowest BCUT2D eigenvalue weighted by Crippen LogP contribution is -2.34. The highest BCUT2D eigenvalue weighted by atomic mass is 35.5. The zero-order chi connectivity index (χ0) is 18.9. The molecule has 1 unspecified atom stereocenters. The molecule has 0 saturated carbocycles. The number of hydrogen-bond acceptors (Lipinski definition) is 4. The van der Waals surface area contributed by atoms with Crippen LogP contribution >= 0.6 is 11.6 Å². The number of nitriles is 1. The first kappa shape index (κ1) is 18.6. The fraction of sp³-hybridized carbons (Fsp3) is 0.211. The molecule has 26 heavy (non-hydrogen) atoms. The average Bonchev–Trinajstić information content (AvgIpc) is 2.58. The summed E-state index contributed by atoms with van der Waals surface area (Å²) in [6, 6.07) is 15.0. The van der Waals surface area contributed by atoms with E-state index in [0.717, 1.165) is 22.3 Å². The topological polar surface area (TPSA) is 85.2 Å². The smallest absolute Gasteiger partial charge is 0.139 e. The Bertz CT molecular complexity index is 946. The van der Waals surface area contributed by atoms with Crippen molar-refractivity contribution in [3.63, 3.8) is 0 Å². The molecule has 0 spiro atoms. The van der Waals surface area contributed by atoms with Crippen LogP contribution in [0.1, 0.15) is 30.5 Å². The lowest BCUT2D eigenvalue weighted by atomic mass is 9.83. The van der Waals surface area contributed by atoms with Crippen LogP contribution in [0.15, 0.2) is 48.0 Å². The van der Waals surface area contributed by atoms with Crippen LogP contribution in [0.2, 0.25) is 5.02 Å². The van der Waals surface area contributed by atoms with Gasteiger partial charge in [-0.1, -0.05) is 35.9 Å². The molecule has 2 aromatic carbocycles. The van der Waals surface area contributed by atoms with Crippen LogP contribution in [0.25, 0.3) is 5.57 Å². The van der Waals surface area contributed by atoms with Gasteiger partial charge in [0.2, 0.25) is 0 Å². The Morgan fingerprint density at radius 2 is 1.96 bits per heavy atom. The second-order valence-corrected chi connectivity index (χ2v) is 7.56. The standard InChI is InChI=1S/C19H17ClN2O3S/c1-19(2)16(10-21)18(13-4-6-14(20)7-5-13)15-8-3-12(9-17(15)25-19)11-22-26(23)24/h3-9,22H,11H2,1-2H3,(H,23,24)/p-1. The summed E-state index contributed by atoms with van der Waals surface area (Å²) in [6.45, 7) is 3.84. The molecule has 0 radical (unpaired) electrons. The molecule has 7 heteroatoms. The van der Waals surface area contributed by atoms with Gasteiger partial charge in [0.1, 0.15) is 11.4 Å². The van der Waals surface area contributed by atoms with Gasteiger partial charge >= 0.3 is 0 Å². The zero-order valence-corrected chi connectivity index (χ0v) is 15.8. The predicted molar refractivity (Wildman–Crippen MR) is 100.0 cm³/mol. The van der Waals surface area contributed by atoms with Gasteiger partial charge in [0, 0.05) is 34.0 Å². The number of rotatable bonds is 4. The summed E-state index contributed by atoms with van der Waals surface area (Å²) in [5.41, 5.74) is 2.93. The van der Waals surface area contributed by atoms with Crippen LogP contribution in [-0.2, 0) is 17.8 Å². The van der Waals surface area contributed by atoms with E-state index in [0.29, 0.717) is 16.3 Å². The van der Waals surface area contributed by atoms with E-state index in [-0.39, 0.29) is 6.54 Å². The van der Waals surface area contributed by atoms with E-state index in [4.69, 9.17) is 16.3 Å². The highest BCUT2D eigenvalue weighted by molar-refractivity contribution is 7.77. The maximum Gasteiger partial charge on any atom is 0.139 e. The van der Waals surface area contributed by atoms with Gasteiger partial charge in [-0.3, -0.25) is 4.21 Å². The molecule has 0 bridgehead atoms. The molecule has 1 atom stereocenters. The summed E-state index contributed by atoms with van der Waals surface area (Å²) in [4.78, 5) is 0. The Hall–Kier alpha value is -2.17. The van der Waals surface area contributed by atoms with Crippen molar-refractivity contribution in [2.24, 2.45) is 0 Å². The SMILES string of the molecule is CC1(C)Oc2cc(CNS(=O)[O-])ccc2C(c2ccc(Cl)cc2)=C1C#N. The fourth-order valence-electron chi connectivity index (χ4n) is 2.98. The average molecular weight is 388 g/mol.